The van der Waals surface area contributed by atoms with Crippen LogP contribution >= 0.6 is 11.6 Å². The van der Waals surface area contributed by atoms with Gasteiger partial charge in [-0.3, -0.25) is 24.5 Å². The zero-order valence-electron chi connectivity index (χ0n) is 14.5. The molecule has 3 rings (SSSR count). The van der Waals surface area contributed by atoms with Crippen molar-refractivity contribution >= 4 is 23.2 Å². The normalized spacial score (nSPS) is 15.2. The maximum atomic E-state index is 12.7. The second-order valence-electron chi connectivity index (χ2n) is 6.17. The van der Waals surface area contributed by atoms with Crippen LogP contribution in [-0.2, 0) is 13.1 Å². The molecule has 0 saturated carbocycles. The first kappa shape index (κ1) is 18.3. The van der Waals surface area contributed by atoms with Gasteiger partial charge in [0.15, 0.2) is 0 Å². The van der Waals surface area contributed by atoms with Crippen molar-refractivity contribution in [3.8, 4) is 0 Å². The lowest BCUT2D eigenvalue weighted by atomic mass is 10.2. The van der Waals surface area contributed by atoms with Crippen LogP contribution in [0.25, 0.3) is 0 Å². The van der Waals surface area contributed by atoms with Gasteiger partial charge >= 0.3 is 5.69 Å². The van der Waals surface area contributed by atoms with Crippen LogP contribution in [0.2, 0.25) is 5.02 Å². The molecule has 0 unspecified atom stereocenters. The number of rotatable bonds is 5. The smallest absolute Gasteiger partial charge is 0.320 e. The van der Waals surface area contributed by atoms with Crippen LogP contribution in [0.15, 0.2) is 30.5 Å². The monoisotopic (exact) mass is 377 g/mol. The predicted octanol–water partition coefficient (Wildman–Crippen LogP) is 2.42. The van der Waals surface area contributed by atoms with E-state index in [9.17, 15) is 14.9 Å². The molecule has 0 spiro atoms. The number of hydrogen-bond donors (Lipinski definition) is 0. The molecule has 0 bridgehead atoms. The van der Waals surface area contributed by atoms with Gasteiger partial charge in [-0.15, -0.1) is 0 Å². The number of aryl methyl sites for hydroxylation is 1. The van der Waals surface area contributed by atoms with Gasteiger partial charge in [0.25, 0.3) is 5.91 Å². The van der Waals surface area contributed by atoms with E-state index in [-0.39, 0.29) is 17.3 Å². The topological polar surface area (TPSA) is 84.5 Å². The molecule has 0 aliphatic carbocycles. The minimum absolute atomic E-state index is 0.0806. The molecule has 1 amide bonds. The molecule has 1 aliphatic heterocycles. The van der Waals surface area contributed by atoms with Crippen LogP contribution in [0.5, 0.6) is 0 Å². The summed E-state index contributed by atoms with van der Waals surface area (Å²) >= 11 is 5.90. The van der Waals surface area contributed by atoms with Gasteiger partial charge in [-0.1, -0.05) is 23.7 Å². The van der Waals surface area contributed by atoms with E-state index < -0.39 is 4.92 Å². The lowest BCUT2D eigenvalue weighted by Gasteiger charge is -2.34. The number of carbonyl (C=O) groups excluding carboxylic acids is 1. The molecule has 0 N–H and O–H groups in total. The Hall–Kier alpha value is -2.45. The summed E-state index contributed by atoms with van der Waals surface area (Å²) in [5.41, 5.74) is 0.843. The lowest BCUT2D eigenvalue weighted by molar-refractivity contribution is -0.385. The molecular weight excluding hydrogens is 358 g/mol. The van der Waals surface area contributed by atoms with Gasteiger partial charge in [0.1, 0.15) is 6.20 Å². The molecule has 0 atom stereocenters. The van der Waals surface area contributed by atoms with Gasteiger partial charge in [-0.05, 0) is 24.6 Å². The molecule has 2 aromatic rings. The lowest BCUT2D eigenvalue weighted by Crippen LogP contribution is -2.48. The van der Waals surface area contributed by atoms with Crippen LogP contribution in [0, 0.1) is 10.1 Å². The molecule has 1 aliphatic rings. The average Bonchev–Trinajstić information content (AvgIpc) is 3.08. The highest BCUT2D eigenvalue weighted by Crippen LogP contribution is 2.20. The van der Waals surface area contributed by atoms with Crippen molar-refractivity contribution in [1.29, 1.82) is 0 Å². The van der Waals surface area contributed by atoms with E-state index in [4.69, 9.17) is 11.6 Å². The summed E-state index contributed by atoms with van der Waals surface area (Å²) in [6.45, 7) is 5.52. The Morgan fingerprint density at radius 2 is 1.88 bits per heavy atom. The number of hydrogen-bond acceptors (Lipinski definition) is 5. The summed E-state index contributed by atoms with van der Waals surface area (Å²) in [5, 5.41) is 16.0. The van der Waals surface area contributed by atoms with Crippen LogP contribution in [-0.4, -0.2) is 56.6 Å². The molecule has 1 aromatic heterocycles. The van der Waals surface area contributed by atoms with E-state index in [0.717, 1.165) is 12.1 Å². The van der Waals surface area contributed by atoms with E-state index in [1.807, 2.05) is 31.2 Å². The van der Waals surface area contributed by atoms with Crippen molar-refractivity contribution in [3.63, 3.8) is 0 Å². The molecule has 8 nitrogen and oxygen atoms in total. The van der Waals surface area contributed by atoms with Gasteiger partial charge in [-0.2, -0.15) is 5.10 Å². The Bertz CT molecular complexity index is 797. The maximum Gasteiger partial charge on any atom is 0.320 e. The SMILES string of the molecule is CCn1cc([N+](=O)[O-])c(C(=O)N2CCN(Cc3ccc(Cl)cc3)CC2)n1. The largest absolute Gasteiger partial charge is 0.334 e. The fourth-order valence-corrected chi connectivity index (χ4v) is 3.09. The zero-order valence-corrected chi connectivity index (χ0v) is 15.2. The number of carbonyl (C=O) groups is 1. The molecule has 1 aromatic carbocycles. The highest BCUT2D eigenvalue weighted by atomic mass is 35.5. The molecule has 1 saturated heterocycles. The van der Waals surface area contributed by atoms with E-state index in [1.54, 1.807) is 4.90 Å². The van der Waals surface area contributed by atoms with Gasteiger partial charge < -0.3 is 4.90 Å². The first-order valence-electron chi connectivity index (χ1n) is 8.46. The highest BCUT2D eigenvalue weighted by molar-refractivity contribution is 6.30. The summed E-state index contributed by atoms with van der Waals surface area (Å²) in [5.74, 6) is -0.380. The van der Waals surface area contributed by atoms with E-state index in [1.165, 1.54) is 10.9 Å². The van der Waals surface area contributed by atoms with Crippen molar-refractivity contribution in [2.24, 2.45) is 0 Å². The number of benzene rings is 1. The Labute approximate surface area is 156 Å². The highest BCUT2D eigenvalue weighted by Gasteiger charge is 2.31. The minimum atomic E-state index is -0.552. The number of amides is 1. The van der Waals surface area contributed by atoms with Crippen molar-refractivity contribution in [2.75, 3.05) is 26.2 Å². The van der Waals surface area contributed by atoms with E-state index in [0.29, 0.717) is 37.7 Å². The maximum absolute atomic E-state index is 12.7. The summed E-state index contributed by atoms with van der Waals surface area (Å²) in [7, 11) is 0. The van der Waals surface area contributed by atoms with Crippen LogP contribution < -0.4 is 0 Å². The number of nitro groups is 1. The van der Waals surface area contributed by atoms with Gasteiger partial charge in [0.2, 0.25) is 5.69 Å². The third-order valence-electron chi connectivity index (χ3n) is 4.44. The van der Waals surface area contributed by atoms with Gasteiger partial charge in [-0.25, -0.2) is 0 Å². The standard InChI is InChI=1S/C17H20ClN5O3/c1-2-22-12-15(23(25)26)16(19-22)17(24)21-9-7-20(8-10-21)11-13-3-5-14(18)6-4-13/h3-6,12H,2,7-11H2,1H3. The Morgan fingerprint density at radius 1 is 1.23 bits per heavy atom. The molecule has 9 heteroatoms. The summed E-state index contributed by atoms with van der Waals surface area (Å²) < 4.78 is 1.42. The summed E-state index contributed by atoms with van der Waals surface area (Å²) in [6, 6.07) is 7.70. The molecule has 1 fully saturated rings. The fraction of sp³-hybridized carbons (Fsp3) is 0.412. The van der Waals surface area contributed by atoms with Crippen LogP contribution in [0.1, 0.15) is 23.0 Å². The Morgan fingerprint density at radius 3 is 2.46 bits per heavy atom. The number of aromatic nitrogens is 2. The van der Waals surface area contributed by atoms with Gasteiger partial charge in [0, 0.05) is 44.3 Å². The quantitative estimate of drug-likeness (QED) is 0.590. The molecule has 2 heterocycles. The van der Waals surface area contributed by atoms with Crippen molar-refractivity contribution in [1.82, 2.24) is 19.6 Å². The molecular formula is C17H20ClN5O3. The second kappa shape index (κ2) is 7.84. The fourth-order valence-electron chi connectivity index (χ4n) is 2.97. The first-order valence-corrected chi connectivity index (χ1v) is 8.83. The predicted molar refractivity (Wildman–Crippen MR) is 97.2 cm³/mol. The molecule has 138 valence electrons. The van der Waals surface area contributed by atoms with Crippen LogP contribution in [0.3, 0.4) is 0 Å². The van der Waals surface area contributed by atoms with Crippen molar-refractivity contribution in [3.05, 3.63) is 56.9 Å². The Kier molecular flexibility index (Phi) is 5.53. The first-order chi connectivity index (χ1) is 12.5. The summed E-state index contributed by atoms with van der Waals surface area (Å²) in [6.07, 6.45) is 1.31. The number of nitrogens with zero attached hydrogens (tertiary/aromatic N) is 5. The van der Waals surface area contributed by atoms with Crippen molar-refractivity contribution < 1.29 is 9.72 Å². The molecule has 0 radical (unpaired) electrons. The third kappa shape index (κ3) is 4.03. The molecule has 26 heavy (non-hydrogen) atoms. The number of piperazine rings is 1. The van der Waals surface area contributed by atoms with E-state index in [2.05, 4.69) is 10.00 Å². The Balaban J connectivity index is 1.62. The third-order valence-corrected chi connectivity index (χ3v) is 4.70. The number of halogens is 1. The second-order valence-corrected chi connectivity index (χ2v) is 6.61. The minimum Gasteiger partial charge on any atom is -0.334 e. The van der Waals surface area contributed by atoms with E-state index >= 15 is 0 Å². The summed E-state index contributed by atoms with van der Waals surface area (Å²) in [4.78, 5) is 27.2. The van der Waals surface area contributed by atoms with Gasteiger partial charge in [0.05, 0.1) is 4.92 Å². The van der Waals surface area contributed by atoms with Crippen LogP contribution in [0.4, 0.5) is 5.69 Å². The average molecular weight is 378 g/mol. The van der Waals surface area contributed by atoms with Crippen molar-refractivity contribution in [2.45, 2.75) is 20.0 Å². The zero-order chi connectivity index (χ0) is 18.7.